The predicted molar refractivity (Wildman–Crippen MR) is 75.5 cm³/mol. The van der Waals surface area contributed by atoms with Crippen LogP contribution in [0.3, 0.4) is 0 Å². The molecule has 0 aliphatic rings. The molecule has 0 saturated heterocycles. The Kier molecular flexibility index (Phi) is 4.46. The summed E-state index contributed by atoms with van der Waals surface area (Å²) in [5.74, 6) is 1.31. The van der Waals surface area contributed by atoms with Gasteiger partial charge in [0.05, 0.1) is 12.6 Å². The normalized spacial score (nSPS) is 10.4. The Morgan fingerprint density at radius 3 is 2.79 bits per heavy atom. The summed E-state index contributed by atoms with van der Waals surface area (Å²) in [6.07, 6.45) is 0. The SMILES string of the molecule is CCSc1ccccc1NCc1ccc([N+](=O)[O-])o1. The van der Waals surface area contributed by atoms with Gasteiger partial charge in [0, 0.05) is 10.6 Å². The van der Waals surface area contributed by atoms with Crippen LogP contribution in [0.1, 0.15) is 12.7 Å². The van der Waals surface area contributed by atoms with Crippen LogP contribution in [0.5, 0.6) is 0 Å². The van der Waals surface area contributed by atoms with Gasteiger partial charge in [-0.3, -0.25) is 10.1 Å². The molecule has 6 heteroatoms. The van der Waals surface area contributed by atoms with Crippen LogP contribution in [0, 0.1) is 10.1 Å². The molecule has 1 aromatic carbocycles. The summed E-state index contributed by atoms with van der Waals surface area (Å²) >= 11 is 1.75. The van der Waals surface area contributed by atoms with Crippen molar-refractivity contribution in [2.45, 2.75) is 18.4 Å². The summed E-state index contributed by atoms with van der Waals surface area (Å²) in [6.45, 7) is 2.52. The minimum atomic E-state index is -0.537. The first kappa shape index (κ1) is 13.5. The highest BCUT2D eigenvalue weighted by Gasteiger charge is 2.11. The van der Waals surface area contributed by atoms with Crippen molar-refractivity contribution in [2.24, 2.45) is 0 Å². The number of para-hydroxylation sites is 1. The van der Waals surface area contributed by atoms with E-state index in [1.807, 2.05) is 24.3 Å². The Morgan fingerprint density at radius 2 is 2.11 bits per heavy atom. The molecule has 2 aromatic rings. The summed E-state index contributed by atoms with van der Waals surface area (Å²) in [5.41, 5.74) is 1.01. The van der Waals surface area contributed by atoms with Crippen molar-refractivity contribution in [3.05, 3.63) is 52.3 Å². The molecular weight excluding hydrogens is 264 g/mol. The number of anilines is 1. The molecule has 0 fully saturated rings. The molecule has 0 saturated carbocycles. The number of nitrogens with one attached hydrogen (secondary N) is 1. The molecule has 0 atom stereocenters. The number of thioether (sulfide) groups is 1. The number of benzene rings is 1. The van der Waals surface area contributed by atoms with Crippen LogP contribution in [-0.2, 0) is 6.54 Å². The van der Waals surface area contributed by atoms with Crippen molar-refractivity contribution in [1.29, 1.82) is 0 Å². The van der Waals surface area contributed by atoms with E-state index in [-0.39, 0.29) is 5.88 Å². The third kappa shape index (κ3) is 3.51. The Bertz CT molecular complexity index is 569. The van der Waals surface area contributed by atoms with Gasteiger partial charge in [0.15, 0.2) is 0 Å². The van der Waals surface area contributed by atoms with Crippen LogP contribution in [0.2, 0.25) is 0 Å². The largest absolute Gasteiger partial charge is 0.433 e. The van der Waals surface area contributed by atoms with E-state index in [9.17, 15) is 10.1 Å². The Hall–Kier alpha value is -1.95. The van der Waals surface area contributed by atoms with Crippen LogP contribution >= 0.6 is 11.8 Å². The van der Waals surface area contributed by atoms with Gasteiger partial charge in [0.25, 0.3) is 0 Å². The topological polar surface area (TPSA) is 68.3 Å². The standard InChI is InChI=1S/C13H14N2O3S/c1-2-19-12-6-4-3-5-11(12)14-9-10-7-8-13(18-10)15(16)17/h3-8,14H,2,9H2,1H3. The maximum Gasteiger partial charge on any atom is 0.433 e. The predicted octanol–water partition coefficient (Wildman–Crippen LogP) is 3.91. The molecule has 0 aliphatic carbocycles. The van der Waals surface area contributed by atoms with Crippen molar-refractivity contribution in [3.63, 3.8) is 0 Å². The van der Waals surface area contributed by atoms with Gasteiger partial charge >= 0.3 is 5.88 Å². The number of hydrogen-bond donors (Lipinski definition) is 1. The van der Waals surface area contributed by atoms with Crippen LogP contribution in [0.25, 0.3) is 0 Å². The zero-order valence-electron chi connectivity index (χ0n) is 10.5. The number of nitro groups is 1. The highest BCUT2D eigenvalue weighted by Crippen LogP contribution is 2.27. The van der Waals surface area contributed by atoms with Gasteiger partial charge in [-0.1, -0.05) is 19.1 Å². The molecule has 0 unspecified atom stereocenters. The van der Waals surface area contributed by atoms with Gasteiger partial charge in [-0.25, -0.2) is 0 Å². The van der Waals surface area contributed by atoms with Crippen molar-refractivity contribution < 1.29 is 9.34 Å². The van der Waals surface area contributed by atoms with Crippen LogP contribution in [0.15, 0.2) is 45.7 Å². The lowest BCUT2D eigenvalue weighted by Gasteiger charge is -2.09. The smallest absolute Gasteiger partial charge is 0.404 e. The van der Waals surface area contributed by atoms with Crippen LogP contribution in [-0.4, -0.2) is 10.7 Å². The average molecular weight is 278 g/mol. The maximum absolute atomic E-state index is 10.5. The molecule has 1 N–H and O–H groups in total. The lowest BCUT2D eigenvalue weighted by molar-refractivity contribution is -0.402. The van der Waals surface area contributed by atoms with Crippen LogP contribution in [0.4, 0.5) is 11.6 Å². The van der Waals surface area contributed by atoms with Gasteiger partial charge in [0.2, 0.25) is 0 Å². The molecule has 0 aliphatic heterocycles. The molecule has 1 aromatic heterocycles. The van der Waals surface area contributed by atoms with Gasteiger partial charge in [-0.15, -0.1) is 11.8 Å². The minimum Gasteiger partial charge on any atom is -0.404 e. The second-order valence-corrected chi connectivity index (χ2v) is 5.09. The number of rotatable bonds is 6. The van der Waals surface area contributed by atoms with Crippen molar-refractivity contribution in [3.8, 4) is 0 Å². The first-order chi connectivity index (χ1) is 9.20. The van der Waals surface area contributed by atoms with E-state index in [1.54, 1.807) is 17.8 Å². The fraction of sp³-hybridized carbons (Fsp3) is 0.231. The summed E-state index contributed by atoms with van der Waals surface area (Å²) in [7, 11) is 0. The number of furan rings is 1. The molecule has 0 bridgehead atoms. The average Bonchev–Trinajstić information content (AvgIpc) is 2.87. The fourth-order valence-electron chi connectivity index (χ4n) is 1.64. The third-order valence-corrected chi connectivity index (χ3v) is 3.42. The highest BCUT2D eigenvalue weighted by atomic mass is 32.2. The zero-order valence-corrected chi connectivity index (χ0v) is 11.3. The first-order valence-electron chi connectivity index (χ1n) is 5.89. The highest BCUT2D eigenvalue weighted by molar-refractivity contribution is 7.99. The van der Waals surface area contributed by atoms with Gasteiger partial charge in [0.1, 0.15) is 10.7 Å². The first-order valence-corrected chi connectivity index (χ1v) is 6.88. The fourth-order valence-corrected chi connectivity index (χ4v) is 2.42. The van der Waals surface area contributed by atoms with E-state index < -0.39 is 4.92 Å². The maximum atomic E-state index is 10.5. The van der Waals surface area contributed by atoms with E-state index in [2.05, 4.69) is 12.2 Å². The monoisotopic (exact) mass is 278 g/mol. The molecule has 1 heterocycles. The minimum absolute atomic E-state index is 0.229. The molecule has 0 radical (unpaired) electrons. The molecule has 2 rings (SSSR count). The molecule has 0 amide bonds. The van der Waals surface area contributed by atoms with Crippen molar-refractivity contribution in [1.82, 2.24) is 0 Å². The van der Waals surface area contributed by atoms with E-state index in [1.165, 1.54) is 6.07 Å². The summed E-state index contributed by atoms with van der Waals surface area (Å²) in [4.78, 5) is 11.1. The Labute approximate surface area is 115 Å². The van der Waals surface area contributed by atoms with Gasteiger partial charge in [-0.05, 0) is 24.0 Å². The third-order valence-electron chi connectivity index (χ3n) is 2.47. The molecule has 5 nitrogen and oxygen atoms in total. The Morgan fingerprint density at radius 1 is 1.32 bits per heavy atom. The molecular formula is C13H14N2O3S. The van der Waals surface area contributed by atoms with E-state index in [4.69, 9.17) is 4.42 Å². The molecule has 19 heavy (non-hydrogen) atoms. The van der Waals surface area contributed by atoms with Crippen LogP contribution < -0.4 is 5.32 Å². The molecule has 100 valence electrons. The summed E-state index contributed by atoms with van der Waals surface area (Å²) in [6, 6.07) is 10.9. The van der Waals surface area contributed by atoms with E-state index >= 15 is 0 Å². The number of nitrogens with zero attached hydrogens (tertiary/aromatic N) is 1. The lowest BCUT2D eigenvalue weighted by atomic mass is 10.3. The second kappa shape index (κ2) is 6.29. The zero-order chi connectivity index (χ0) is 13.7. The van der Waals surface area contributed by atoms with Gasteiger partial charge in [-0.2, -0.15) is 0 Å². The van der Waals surface area contributed by atoms with Crippen molar-refractivity contribution >= 4 is 23.3 Å². The quantitative estimate of drug-likeness (QED) is 0.493. The number of hydrogen-bond acceptors (Lipinski definition) is 5. The van der Waals surface area contributed by atoms with E-state index in [0.29, 0.717) is 12.3 Å². The van der Waals surface area contributed by atoms with Crippen molar-refractivity contribution in [2.75, 3.05) is 11.1 Å². The summed E-state index contributed by atoms with van der Waals surface area (Å²) < 4.78 is 5.10. The second-order valence-electron chi connectivity index (χ2n) is 3.78. The molecule has 0 spiro atoms. The lowest BCUT2D eigenvalue weighted by Crippen LogP contribution is -1.99. The van der Waals surface area contributed by atoms with E-state index in [0.717, 1.165) is 16.3 Å². The Balaban J connectivity index is 2.03. The van der Waals surface area contributed by atoms with Gasteiger partial charge < -0.3 is 9.73 Å². The summed E-state index contributed by atoms with van der Waals surface area (Å²) in [5, 5.41) is 13.7.